The Morgan fingerprint density at radius 2 is 1.80 bits per heavy atom. The Hall–Kier alpha value is -3.95. The lowest BCUT2D eigenvalue weighted by molar-refractivity contribution is -0.140. The van der Waals surface area contributed by atoms with Crippen molar-refractivity contribution in [3.05, 3.63) is 81.3 Å². The molecule has 0 aliphatic carbocycles. The van der Waals surface area contributed by atoms with Gasteiger partial charge < -0.3 is 15.6 Å². The van der Waals surface area contributed by atoms with E-state index in [1.165, 1.54) is 23.6 Å². The molecule has 0 radical (unpaired) electrons. The molecule has 4 rings (SSSR count). The summed E-state index contributed by atoms with van der Waals surface area (Å²) in [7, 11) is 1.65. The van der Waals surface area contributed by atoms with E-state index < -0.39 is 23.6 Å². The van der Waals surface area contributed by atoms with Crippen molar-refractivity contribution in [2.75, 3.05) is 11.1 Å². The predicted molar refractivity (Wildman–Crippen MR) is 128 cm³/mol. The van der Waals surface area contributed by atoms with E-state index in [1.807, 2.05) is 19.1 Å². The van der Waals surface area contributed by atoms with Crippen molar-refractivity contribution in [1.82, 2.24) is 14.5 Å². The van der Waals surface area contributed by atoms with Crippen LogP contribution in [-0.4, -0.2) is 14.5 Å². The molecule has 0 bridgehead atoms. The van der Waals surface area contributed by atoms with E-state index in [4.69, 9.17) is 5.73 Å². The molecule has 2 aromatic carbocycles. The van der Waals surface area contributed by atoms with Gasteiger partial charge in [-0.1, -0.05) is 0 Å². The van der Waals surface area contributed by atoms with Crippen LogP contribution in [-0.2, 0) is 13.2 Å². The number of pyridine rings is 1. The number of fused-ring (bicyclic) bond motifs is 1. The molecule has 0 amide bonds. The lowest BCUT2D eigenvalue weighted by atomic mass is 9.99. The van der Waals surface area contributed by atoms with Crippen molar-refractivity contribution in [3.63, 3.8) is 0 Å². The third kappa shape index (κ3) is 4.68. The SMILES string of the molecule is Cc1nc(N[C@H](C)c2cc(N)cc(C(F)(F)F)c2F)c2cc(-c3ccc(=O)n(C)c3)c(C)cc2n1. The number of aryl methyl sites for hydroxylation is 3. The summed E-state index contributed by atoms with van der Waals surface area (Å²) in [5.41, 5.74) is 6.80. The molecule has 0 aliphatic heterocycles. The van der Waals surface area contributed by atoms with Gasteiger partial charge in [0.15, 0.2) is 0 Å². The highest BCUT2D eigenvalue weighted by Crippen LogP contribution is 2.37. The van der Waals surface area contributed by atoms with Gasteiger partial charge in [-0.15, -0.1) is 0 Å². The Morgan fingerprint density at radius 1 is 1.09 bits per heavy atom. The Labute approximate surface area is 198 Å². The predicted octanol–water partition coefficient (Wildman–Crippen LogP) is 5.53. The molecule has 0 fully saturated rings. The van der Waals surface area contributed by atoms with Crippen LogP contribution in [0, 0.1) is 19.7 Å². The molecule has 35 heavy (non-hydrogen) atoms. The smallest absolute Gasteiger partial charge is 0.399 e. The number of anilines is 2. The number of benzene rings is 2. The van der Waals surface area contributed by atoms with Gasteiger partial charge in [0.25, 0.3) is 0 Å². The van der Waals surface area contributed by atoms with Crippen LogP contribution in [0.3, 0.4) is 0 Å². The van der Waals surface area contributed by atoms with E-state index >= 15 is 0 Å². The first-order chi connectivity index (χ1) is 16.3. The molecule has 1 atom stereocenters. The fraction of sp³-hybridized carbons (Fsp3) is 0.240. The third-order valence-corrected chi connectivity index (χ3v) is 5.80. The molecule has 6 nitrogen and oxygen atoms in total. The van der Waals surface area contributed by atoms with E-state index in [2.05, 4.69) is 15.3 Å². The van der Waals surface area contributed by atoms with E-state index in [9.17, 15) is 22.4 Å². The van der Waals surface area contributed by atoms with Gasteiger partial charge in [-0.25, -0.2) is 14.4 Å². The van der Waals surface area contributed by atoms with Gasteiger partial charge in [-0.3, -0.25) is 4.79 Å². The molecule has 10 heteroatoms. The molecule has 0 aliphatic rings. The maximum Gasteiger partial charge on any atom is 0.419 e. The number of hydrogen-bond donors (Lipinski definition) is 2. The second kappa shape index (κ2) is 8.68. The molecule has 3 N–H and O–H groups in total. The minimum Gasteiger partial charge on any atom is -0.399 e. The second-order valence-corrected chi connectivity index (χ2v) is 8.51. The first-order valence-corrected chi connectivity index (χ1v) is 10.7. The number of rotatable bonds is 4. The molecule has 0 saturated carbocycles. The van der Waals surface area contributed by atoms with Crippen LogP contribution in [0.5, 0.6) is 0 Å². The topological polar surface area (TPSA) is 85.8 Å². The minimum absolute atomic E-state index is 0.148. The van der Waals surface area contributed by atoms with Crippen molar-refractivity contribution in [3.8, 4) is 11.1 Å². The van der Waals surface area contributed by atoms with Gasteiger partial charge in [0.05, 0.1) is 17.1 Å². The first-order valence-electron chi connectivity index (χ1n) is 10.7. The summed E-state index contributed by atoms with van der Waals surface area (Å²) >= 11 is 0. The molecule has 0 saturated heterocycles. The van der Waals surface area contributed by atoms with Crippen LogP contribution in [0.1, 0.15) is 35.5 Å². The van der Waals surface area contributed by atoms with Crippen LogP contribution in [0.25, 0.3) is 22.0 Å². The fourth-order valence-corrected chi connectivity index (χ4v) is 4.04. The van der Waals surface area contributed by atoms with Gasteiger partial charge in [-0.05, 0) is 67.8 Å². The summed E-state index contributed by atoms with van der Waals surface area (Å²) in [6, 6.07) is 7.75. The van der Waals surface area contributed by atoms with E-state index in [-0.39, 0.29) is 16.8 Å². The van der Waals surface area contributed by atoms with E-state index in [0.717, 1.165) is 16.7 Å². The Morgan fingerprint density at radius 3 is 2.46 bits per heavy atom. The summed E-state index contributed by atoms with van der Waals surface area (Å²) < 4.78 is 56.2. The van der Waals surface area contributed by atoms with Gasteiger partial charge in [0.2, 0.25) is 5.56 Å². The van der Waals surface area contributed by atoms with Crippen molar-refractivity contribution in [1.29, 1.82) is 0 Å². The summed E-state index contributed by atoms with van der Waals surface area (Å²) in [5.74, 6) is -0.615. The zero-order valence-electron chi connectivity index (χ0n) is 19.5. The van der Waals surface area contributed by atoms with Crippen LogP contribution in [0.15, 0.2) is 47.4 Å². The molecule has 0 spiro atoms. The minimum atomic E-state index is -4.88. The van der Waals surface area contributed by atoms with Crippen molar-refractivity contribution >= 4 is 22.4 Å². The zero-order valence-corrected chi connectivity index (χ0v) is 19.5. The van der Waals surface area contributed by atoms with Gasteiger partial charge in [-0.2, -0.15) is 13.2 Å². The largest absolute Gasteiger partial charge is 0.419 e. The van der Waals surface area contributed by atoms with E-state index in [0.29, 0.717) is 28.6 Å². The number of nitrogens with zero attached hydrogens (tertiary/aromatic N) is 3. The summed E-state index contributed by atoms with van der Waals surface area (Å²) in [4.78, 5) is 20.7. The summed E-state index contributed by atoms with van der Waals surface area (Å²) in [6.07, 6.45) is -3.17. The van der Waals surface area contributed by atoms with Crippen molar-refractivity contribution in [2.45, 2.75) is 33.0 Å². The quantitative estimate of drug-likeness (QED) is 0.293. The zero-order chi connectivity index (χ0) is 25.7. The first kappa shape index (κ1) is 24.2. The lowest BCUT2D eigenvalue weighted by Crippen LogP contribution is -2.16. The van der Waals surface area contributed by atoms with Gasteiger partial charge >= 0.3 is 6.18 Å². The Bertz CT molecular complexity index is 1510. The molecule has 2 heterocycles. The number of nitrogen functional groups attached to an aromatic ring is 1. The van der Waals surface area contributed by atoms with Crippen LogP contribution in [0.4, 0.5) is 29.1 Å². The molecule has 0 unspecified atom stereocenters. The summed E-state index contributed by atoms with van der Waals surface area (Å²) in [6.45, 7) is 5.13. The number of aromatic nitrogens is 3. The van der Waals surface area contributed by atoms with Crippen molar-refractivity contribution < 1.29 is 17.6 Å². The fourth-order valence-electron chi connectivity index (χ4n) is 4.04. The number of nitrogens with two attached hydrogens (primary N) is 1. The second-order valence-electron chi connectivity index (χ2n) is 8.51. The normalized spacial score (nSPS) is 12.7. The number of alkyl halides is 3. The highest BCUT2D eigenvalue weighted by Gasteiger charge is 2.36. The molecule has 4 aromatic rings. The Balaban J connectivity index is 1.83. The summed E-state index contributed by atoms with van der Waals surface area (Å²) in [5, 5.41) is 3.63. The van der Waals surface area contributed by atoms with Gasteiger partial charge in [0.1, 0.15) is 17.5 Å². The average Bonchev–Trinajstić information content (AvgIpc) is 2.75. The average molecular weight is 485 g/mol. The van der Waals surface area contributed by atoms with Crippen LogP contribution in [0.2, 0.25) is 0 Å². The van der Waals surface area contributed by atoms with Crippen LogP contribution < -0.4 is 16.6 Å². The third-order valence-electron chi connectivity index (χ3n) is 5.80. The van der Waals surface area contributed by atoms with Gasteiger partial charge in [0, 0.05) is 35.9 Å². The van der Waals surface area contributed by atoms with Crippen LogP contribution >= 0.6 is 0 Å². The highest BCUT2D eigenvalue weighted by atomic mass is 19.4. The van der Waals surface area contributed by atoms with E-state index in [1.54, 1.807) is 26.2 Å². The molecular weight excluding hydrogens is 462 g/mol. The maximum absolute atomic E-state index is 14.8. The maximum atomic E-state index is 14.8. The Kier molecular flexibility index (Phi) is 6.00. The lowest BCUT2D eigenvalue weighted by Gasteiger charge is -2.20. The highest BCUT2D eigenvalue weighted by molar-refractivity contribution is 5.94. The monoisotopic (exact) mass is 485 g/mol. The molecular formula is C25H23F4N5O. The standard InChI is InChI=1S/C25H23F4N5O/c1-12-7-21-19(10-17(12)15-5-6-22(35)34(4)11-15)24(33-14(3)32-21)31-13(2)18-8-16(30)9-20(23(18)26)25(27,28)29/h5-11,13H,30H2,1-4H3,(H,31,32,33)/t13-/m1/s1. The molecule has 2 aromatic heterocycles. The molecule has 182 valence electrons. The van der Waals surface area contributed by atoms with Crippen molar-refractivity contribution in [2.24, 2.45) is 7.05 Å². The number of hydrogen-bond acceptors (Lipinski definition) is 5. The number of halogens is 4. The number of nitrogens with one attached hydrogen (secondary N) is 1.